The van der Waals surface area contributed by atoms with Gasteiger partial charge in [0.05, 0.1) is 5.57 Å². The average molecular weight is 164 g/mol. The maximum atomic E-state index is 10.7. The Morgan fingerprint density at radius 1 is 1.58 bits per heavy atom. The number of allylic oxidation sites excluding steroid dienone is 4. The lowest BCUT2D eigenvalue weighted by Crippen LogP contribution is -2.01. The largest absolute Gasteiger partial charge is 0.478 e. The van der Waals surface area contributed by atoms with Crippen molar-refractivity contribution >= 4 is 5.97 Å². The molecule has 0 bridgehead atoms. The van der Waals surface area contributed by atoms with Gasteiger partial charge in [-0.15, -0.1) is 0 Å². The van der Waals surface area contributed by atoms with Crippen molar-refractivity contribution in [2.75, 3.05) is 0 Å². The molecule has 1 N–H and O–H groups in total. The number of carbonyl (C=O) groups is 1. The third-order valence-electron chi connectivity index (χ3n) is 1.85. The maximum absolute atomic E-state index is 10.7. The van der Waals surface area contributed by atoms with Gasteiger partial charge in [-0.05, 0) is 24.5 Å². The summed E-state index contributed by atoms with van der Waals surface area (Å²) in [4.78, 5) is 10.7. The molecule has 2 heteroatoms. The van der Waals surface area contributed by atoms with Crippen molar-refractivity contribution < 1.29 is 9.90 Å². The predicted octanol–water partition coefficient (Wildman–Crippen LogP) is 2.15. The van der Waals surface area contributed by atoms with Gasteiger partial charge in [-0.3, -0.25) is 0 Å². The van der Waals surface area contributed by atoms with E-state index in [-0.39, 0.29) is 0 Å². The second-order valence-electron chi connectivity index (χ2n) is 2.98. The molecular weight excluding hydrogens is 152 g/mol. The second-order valence-corrected chi connectivity index (χ2v) is 2.98. The van der Waals surface area contributed by atoms with E-state index >= 15 is 0 Å². The van der Waals surface area contributed by atoms with Crippen LogP contribution in [-0.4, -0.2) is 11.1 Å². The number of aliphatic carboxylic acids is 1. The van der Waals surface area contributed by atoms with Crippen LogP contribution in [0.4, 0.5) is 0 Å². The molecule has 0 fully saturated rings. The van der Waals surface area contributed by atoms with Gasteiger partial charge in [-0.1, -0.05) is 25.2 Å². The summed E-state index contributed by atoms with van der Waals surface area (Å²) in [5.74, 6) is -0.541. The molecule has 1 aliphatic carbocycles. The van der Waals surface area contributed by atoms with Gasteiger partial charge < -0.3 is 5.11 Å². The van der Waals surface area contributed by atoms with Crippen molar-refractivity contribution in [1.29, 1.82) is 0 Å². The summed E-state index contributed by atoms with van der Waals surface area (Å²) in [6.07, 6.45) is 7.35. The number of carboxylic acid groups (broad SMARTS) is 1. The fraction of sp³-hybridized carbons (Fsp3) is 0.300. The van der Waals surface area contributed by atoms with Gasteiger partial charge in [0.2, 0.25) is 0 Å². The Morgan fingerprint density at radius 2 is 2.25 bits per heavy atom. The van der Waals surface area contributed by atoms with Crippen molar-refractivity contribution in [2.45, 2.75) is 13.8 Å². The number of carboxylic acids is 1. The molecule has 0 spiro atoms. The highest BCUT2D eigenvalue weighted by molar-refractivity contribution is 5.92. The van der Waals surface area contributed by atoms with E-state index in [1.165, 1.54) is 0 Å². The number of rotatable bonds is 1. The van der Waals surface area contributed by atoms with E-state index in [0.717, 1.165) is 5.57 Å². The van der Waals surface area contributed by atoms with E-state index in [1.54, 1.807) is 12.2 Å². The van der Waals surface area contributed by atoms with Crippen LogP contribution < -0.4 is 0 Å². The van der Waals surface area contributed by atoms with Gasteiger partial charge in [0.1, 0.15) is 0 Å². The Morgan fingerprint density at radius 3 is 2.83 bits per heavy atom. The van der Waals surface area contributed by atoms with E-state index in [9.17, 15) is 4.79 Å². The molecule has 1 atom stereocenters. The minimum Gasteiger partial charge on any atom is -0.478 e. The highest BCUT2D eigenvalue weighted by Gasteiger charge is 2.10. The van der Waals surface area contributed by atoms with E-state index in [0.29, 0.717) is 11.5 Å². The molecule has 1 aliphatic rings. The molecule has 64 valence electrons. The molecule has 1 unspecified atom stereocenters. The van der Waals surface area contributed by atoms with Crippen LogP contribution in [0, 0.1) is 5.92 Å². The summed E-state index contributed by atoms with van der Waals surface area (Å²) >= 11 is 0. The average Bonchev–Trinajstić information content (AvgIpc) is 2.10. The van der Waals surface area contributed by atoms with Gasteiger partial charge in [-0.25, -0.2) is 4.79 Å². The Kier molecular flexibility index (Phi) is 2.48. The van der Waals surface area contributed by atoms with Crippen LogP contribution in [0.25, 0.3) is 0 Å². The molecule has 0 aliphatic heterocycles. The first-order chi connectivity index (χ1) is 5.61. The highest BCUT2D eigenvalue weighted by Crippen LogP contribution is 2.17. The Bertz CT molecular complexity index is 282. The monoisotopic (exact) mass is 164 g/mol. The zero-order chi connectivity index (χ0) is 9.14. The predicted molar refractivity (Wildman–Crippen MR) is 47.8 cm³/mol. The molecule has 0 aromatic heterocycles. The van der Waals surface area contributed by atoms with E-state index in [1.807, 2.05) is 26.0 Å². The molecule has 0 radical (unpaired) electrons. The normalized spacial score (nSPS) is 22.7. The van der Waals surface area contributed by atoms with Crippen LogP contribution in [0.1, 0.15) is 13.8 Å². The summed E-state index contributed by atoms with van der Waals surface area (Å²) < 4.78 is 0. The first-order valence-electron chi connectivity index (χ1n) is 3.92. The summed E-state index contributed by atoms with van der Waals surface area (Å²) in [5, 5.41) is 8.78. The molecular formula is C10H12O2. The Balaban J connectivity index is 3.02. The molecule has 1 rings (SSSR count). The first kappa shape index (κ1) is 8.78. The topological polar surface area (TPSA) is 37.3 Å². The van der Waals surface area contributed by atoms with Gasteiger partial charge in [-0.2, -0.15) is 0 Å². The fourth-order valence-corrected chi connectivity index (χ4v) is 1.24. The van der Waals surface area contributed by atoms with Crippen LogP contribution in [0.15, 0.2) is 35.5 Å². The maximum Gasteiger partial charge on any atom is 0.335 e. The zero-order valence-corrected chi connectivity index (χ0v) is 7.24. The molecule has 2 nitrogen and oxygen atoms in total. The fourth-order valence-electron chi connectivity index (χ4n) is 1.24. The third-order valence-corrected chi connectivity index (χ3v) is 1.85. The molecule has 12 heavy (non-hydrogen) atoms. The number of hydrogen-bond donors (Lipinski definition) is 1. The van der Waals surface area contributed by atoms with Crippen LogP contribution in [0.5, 0.6) is 0 Å². The van der Waals surface area contributed by atoms with E-state index < -0.39 is 5.97 Å². The van der Waals surface area contributed by atoms with Crippen molar-refractivity contribution in [3.8, 4) is 0 Å². The van der Waals surface area contributed by atoms with Crippen molar-refractivity contribution in [1.82, 2.24) is 0 Å². The smallest absolute Gasteiger partial charge is 0.335 e. The van der Waals surface area contributed by atoms with E-state index in [4.69, 9.17) is 5.11 Å². The van der Waals surface area contributed by atoms with Crippen LogP contribution in [0.3, 0.4) is 0 Å². The second kappa shape index (κ2) is 3.39. The summed E-state index contributed by atoms with van der Waals surface area (Å²) in [6, 6.07) is 0. The quantitative estimate of drug-likeness (QED) is 0.644. The van der Waals surface area contributed by atoms with Gasteiger partial charge >= 0.3 is 5.97 Å². The minimum absolute atomic E-state index is 0.318. The zero-order valence-electron chi connectivity index (χ0n) is 7.24. The SMILES string of the molecule is CC1=CC(C)C=CC=C1C(=O)O. The molecule has 0 saturated carbocycles. The van der Waals surface area contributed by atoms with Crippen molar-refractivity contribution in [3.05, 3.63) is 35.5 Å². The summed E-state index contributed by atoms with van der Waals surface area (Å²) in [7, 11) is 0. The van der Waals surface area contributed by atoms with Crippen molar-refractivity contribution in [3.63, 3.8) is 0 Å². The minimum atomic E-state index is -0.859. The standard InChI is InChI=1S/C10H12O2/c1-7-4-3-5-9(10(11)12)8(2)6-7/h3-7H,1-2H3,(H,11,12). The van der Waals surface area contributed by atoms with Crippen LogP contribution >= 0.6 is 0 Å². The van der Waals surface area contributed by atoms with Crippen molar-refractivity contribution in [2.24, 2.45) is 5.92 Å². The van der Waals surface area contributed by atoms with Crippen LogP contribution in [-0.2, 0) is 4.79 Å². The Labute approximate surface area is 71.9 Å². The lowest BCUT2D eigenvalue weighted by Gasteiger charge is -2.01. The molecule has 0 heterocycles. The lowest BCUT2D eigenvalue weighted by atomic mass is 10.1. The first-order valence-corrected chi connectivity index (χ1v) is 3.92. The number of hydrogen-bond acceptors (Lipinski definition) is 1. The Hall–Kier alpha value is -1.31. The van der Waals surface area contributed by atoms with Gasteiger partial charge in [0.15, 0.2) is 0 Å². The molecule has 0 amide bonds. The molecule has 0 aromatic rings. The lowest BCUT2D eigenvalue weighted by molar-refractivity contribution is -0.132. The van der Waals surface area contributed by atoms with Crippen LogP contribution in [0.2, 0.25) is 0 Å². The van der Waals surface area contributed by atoms with Gasteiger partial charge in [0.25, 0.3) is 0 Å². The molecule has 0 saturated heterocycles. The summed E-state index contributed by atoms with van der Waals surface area (Å²) in [6.45, 7) is 3.85. The van der Waals surface area contributed by atoms with E-state index in [2.05, 4.69) is 0 Å². The van der Waals surface area contributed by atoms with Gasteiger partial charge in [0, 0.05) is 0 Å². The third kappa shape index (κ3) is 1.84. The molecule has 0 aromatic carbocycles. The summed E-state index contributed by atoms with van der Waals surface area (Å²) in [5.41, 5.74) is 1.22. The highest BCUT2D eigenvalue weighted by atomic mass is 16.4.